The second kappa shape index (κ2) is 7.76. The lowest BCUT2D eigenvalue weighted by Gasteiger charge is -2.23. The highest BCUT2D eigenvalue weighted by Gasteiger charge is 2.13. The van der Waals surface area contributed by atoms with Crippen LogP contribution in [-0.2, 0) is 0 Å². The van der Waals surface area contributed by atoms with Crippen molar-refractivity contribution in [1.29, 1.82) is 0 Å². The van der Waals surface area contributed by atoms with E-state index in [2.05, 4.69) is 57.8 Å². The molecule has 19 heavy (non-hydrogen) atoms. The predicted octanol–water partition coefficient (Wildman–Crippen LogP) is 2.00. The molecule has 0 bridgehead atoms. The van der Waals surface area contributed by atoms with Gasteiger partial charge in [0.15, 0.2) is 0 Å². The summed E-state index contributed by atoms with van der Waals surface area (Å²) in [5.41, 5.74) is 0. The SMILES string of the molecule is CCNc1nc(N(CC)CC)nc(N(CC)CC)n1. The van der Waals surface area contributed by atoms with Crippen LogP contribution >= 0.6 is 0 Å². The van der Waals surface area contributed by atoms with Crippen molar-refractivity contribution in [2.24, 2.45) is 0 Å². The lowest BCUT2D eigenvalue weighted by molar-refractivity contribution is 0.777. The van der Waals surface area contributed by atoms with Crippen molar-refractivity contribution in [3.8, 4) is 0 Å². The van der Waals surface area contributed by atoms with E-state index < -0.39 is 0 Å². The second-order valence-corrected chi connectivity index (χ2v) is 4.13. The summed E-state index contributed by atoms with van der Waals surface area (Å²) in [5, 5.41) is 3.18. The van der Waals surface area contributed by atoms with Crippen molar-refractivity contribution in [1.82, 2.24) is 15.0 Å². The maximum atomic E-state index is 4.59. The molecule has 0 radical (unpaired) electrons. The van der Waals surface area contributed by atoms with Gasteiger partial charge in [0.25, 0.3) is 0 Å². The minimum Gasteiger partial charge on any atom is -0.354 e. The van der Waals surface area contributed by atoms with Gasteiger partial charge in [-0.15, -0.1) is 0 Å². The molecule has 0 aliphatic carbocycles. The van der Waals surface area contributed by atoms with E-state index in [4.69, 9.17) is 0 Å². The van der Waals surface area contributed by atoms with Crippen molar-refractivity contribution in [3.63, 3.8) is 0 Å². The standard InChI is InChI=1S/C13H26N6/c1-6-14-11-15-12(18(7-2)8-3)17-13(16-11)19(9-4)10-5/h6-10H2,1-5H3,(H,14,15,16,17). The monoisotopic (exact) mass is 266 g/mol. The number of nitrogens with one attached hydrogen (secondary N) is 1. The lowest BCUT2D eigenvalue weighted by Crippen LogP contribution is -2.29. The largest absolute Gasteiger partial charge is 0.354 e. The molecule has 0 saturated heterocycles. The Bertz CT molecular complexity index is 343. The van der Waals surface area contributed by atoms with E-state index in [1.54, 1.807) is 0 Å². The third-order valence-corrected chi connectivity index (χ3v) is 3.04. The van der Waals surface area contributed by atoms with E-state index in [1.807, 2.05) is 6.92 Å². The van der Waals surface area contributed by atoms with Crippen LogP contribution in [0.1, 0.15) is 34.6 Å². The molecule has 0 amide bonds. The third-order valence-electron chi connectivity index (χ3n) is 3.04. The zero-order valence-corrected chi connectivity index (χ0v) is 12.8. The highest BCUT2D eigenvalue weighted by atomic mass is 15.4. The molecule has 0 aliphatic heterocycles. The summed E-state index contributed by atoms with van der Waals surface area (Å²) >= 11 is 0. The van der Waals surface area contributed by atoms with E-state index in [1.165, 1.54) is 0 Å². The van der Waals surface area contributed by atoms with Crippen molar-refractivity contribution in [2.75, 3.05) is 47.8 Å². The summed E-state index contributed by atoms with van der Waals surface area (Å²) in [4.78, 5) is 17.8. The maximum Gasteiger partial charge on any atom is 0.231 e. The van der Waals surface area contributed by atoms with Crippen LogP contribution in [-0.4, -0.2) is 47.7 Å². The Morgan fingerprint density at radius 2 is 1.16 bits per heavy atom. The molecule has 0 unspecified atom stereocenters. The van der Waals surface area contributed by atoms with E-state index in [-0.39, 0.29) is 0 Å². The van der Waals surface area contributed by atoms with Crippen LogP contribution in [0.3, 0.4) is 0 Å². The molecule has 108 valence electrons. The zero-order valence-electron chi connectivity index (χ0n) is 12.8. The third kappa shape index (κ3) is 3.94. The molecule has 1 rings (SSSR count). The Kier molecular flexibility index (Phi) is 6.32. The Morgan fingerprint density at radius 1 is 0.737 bits per heavy atom. The first-order valence-corrected chi connectivity index (χ1v) is 7.19. The summed E-state index contributed by atoms with van der Waals surface area (Å²) in [6.45, 7) is 14.8. The van der Waals surface area contributed by atoms with Crippen molar-refractivity contribution < 1.29 is 0 Å². The Labute approximate surface area is 116 Å². The zero-order chi connectivity index (χ0) is 14.3. The van der Waals surface area contributed by atoms with Gasteiger partial charge in [0.1, 0.15) is 0 Å². The van der Waals surface area contributed by atoms with Crippen LogP contribution < -0.4 is 15.1 Å². The fourth-order valence-corrected chi connectivity index (χ4v) is 1.89. The molecule has 0 aromatic carbocycles. The average Bonchev–Trinajstić information content (AvgIpc) is 2.42. The normalized spacial score (nSPS) is 10.4. The molecule has 1 aromatic heterocycles. The maximum absolute atomic E-state index is 4.59. The number of hydrogen-bond acceptors (Lipinski definition) is 6. The molecule has 1 N–H and O–H groups in total. The molecular weight excluding hydrogens is 240 g/mol. The van der Waals surface area contributed by atoms with Crippen LogP contribution in [0, 0.1) is 0 Å². The number of anilines is 3. The average molecular weight is 266 g/mol. The van der Waals surface area contributed by atoms with E-state index >= 15 is 0 Å². The van der Waals surface area contributed by atoms with Gasteiger partial charge >= 0.3 is 0 Å². The molecular formula is C13H26N6. The number of rotatable bonds is 8. The number of nitrogens with zero attached hydrogens (tertiary/aromatic N) is 5. The quantitative estimate of drug-likeness (QED) is 0.776. The van der Waals surface area contributed by atoms with Crippen molar-refractivity contribution in [2.45, 2.75) is 34.6 Å². The molecule has 0 aliphatic rings. The summed E-state index contributed by atoms with van der Waals surface area (Å²) in [7, 11) is 0. The summed E-state index contributed by atoms with van der Waals surface area (Å²) in [6.07, 6.45) is 0. The summed E-state index contributed by atoms with van der Waals surface area (Å²) in [5.74, 6) is 2.15. The number of aromatic nitrogens is 3. The van der Waals surface area contributed by atoms with Crippen LogP contribution in [0.2, 0.25) is 0 Å². The van der Waals surface area contributed by atoms with E-state index in [0.717, 1.165) is 44.6 Å². The summed E-state index contributed by atoms with van der Waals surface area (Å²) in [6, 6.07) is 0. The van der Waals surface area contributed by atoms with Gasteiger partial charge in [-0.05, 0) is 34.6 Å². The Hall–Kier alpha value is -1.59. The minimum absolute atomic E-state index is 0.654. The van der Waals surface area contributed by atoms with Gasteiger partial charge in [-0.1, -0.05) is 0 Å². The smallest absolute Gasteiger partial charge is 0.231 e. The van der Waals surface area contributed by atoms with Crippen LogP contribution in [0.4, 0.5) is 17.8 Å². The molecule has 0 fully saturated rings. The Morgan fingerprint density at radius 3 is 1.47 bits per heavy atom. The molecule has 6 heteroatoms. The fourth-order valence-electron chi connectivity index (χ4n) is 1.89. The van der Waals surface area contributed by atoms with Crippen molar-refractivity contribution >= 4 is 17.8 Å². The lowest BCUT2D eigenvalue weighted by atomic mass is 10.5. The van der Waals surface area contributed by atoms with E-state index in [9.17, 15) is 0 Å². The van der Waals surface area contributed by atoms with E-state index in [0.29, 0.717) is 5.95 Å². The first-order valence-electron chi connectivity index (χ1n) is 7.19. The van der Waals surface area contributed by atoms with Gasteiger partial charge in [-0.2, -0.15) is 15.0 Å². The highest BCUT2D eigenvalue weighted by molar-refractivity contribution is 5.45. The molecule has 0 atom stereocenters. The van der Waals surface area contributed by atoms with Crippen molar-refractivity contribution in [3.05, 3.63) is 0 Å². The molecule has 0 spiro atoms. The summed E-state index contributed by atoms with van der Waals surface area (Å²) < 4.78 is 0. The first kappa shape index (κ1) is 15.5. The van der Waals surface area contributed by atoms with Gasteiger partial charge in [-0.3, -0.25) is 0 Å². The minimum atomic E-state index is 0.654. The van der Waals surface area contributed by atoms with Gasteiger partial charge in [-0.25, -0.2) is 0 Å². The second-order valence-electron chi connectivity index (χ2n) is 4.13. The fraction of sp³-hybridized carbons (Fsp3) is 0.769. The van der Waals surface area contributed by atoms with Gasteiger partial charge < -0.3 is 15.1 Å². The van der Waals surface area contributed by atoms with Crippen LogP contribution in [0.15, 0.2) is 0 Å². The topological polar surface area (TPSA) is 57.2 Å². The molecule has 0 saturated carbocycles. The van der Waals surface area contributed by atoms with Gasteiger partial charge in [0.05, 0.1) is 0 Å². The molecule has 1 aromatic rings. The highest BCUT2D eigenvalue weighted by Crippen LogP contribution is 2.16. The predicted molar refractivity (Wildman–Crippen MR) is 81.1 cm³/mol. The first-order chi connectivity index (χ1) is 9.19. The van der Waals surface area contributed by atoms with Gasteiger partial charge in [0, 0.05) is 32.7 Å². The van der Waals surface area contributed by atoms with Crippen LogP contribution in [0.5, 0.6) is 0 Å². The Balaban J connectivity index is 3.16. The molecule has 1 heterocycles. The number of hydrogen-bond donors (Lipinski definition) is 1. The van der Waals surface area contributed by atoms with Crippen LogP contribution in [0.25, 0.3) is 0 Å². The molecule has 6 nitrogen and oxygen atoms in total. The van der Waals surface area contributed by atoms with Gasteiger partial charge in [0.2, 0.25) is 17.8 Å².